The lowest BCUT2D eigenvalue weighted by molar-refractivity contribution is 0.623. The molecule has 0 fully saturated rings. The van der Waals surface area contributed by atoms with E-state index in [1.165, 1.54) is 44.2 Å². The minimum atomic E-state index is -0.133. The summed E-state index contributed by atoms with van der Waals surface area (Å²) in [5, 5.41) is 4.61. The van der Waals surface area contributed by atoms with Crippen molar-refractivity contribution in [3.05, 3.63) is 187 Å². The Hall–Kier alpha value is -7.17. The maximum Gasteiger partial charge on any atom is 0.227 e. The van der Waals surface area contributed by atoms with Crippen LogP contribution in [0.1, 0.15) is 25.0 Å². The standard InChI is InChI=1S/C52H35N3O/c1-52(2)42-22-12-9-20-37(42)38-27-25-35(30-43(38)52)54(45-23-13-10-19-36(45)32-15-5-3-6-16-32)34-26-28-47-40(29-34)41-31-44-50(56-51(53-44)33-17-7-4-8-18-33)48-39-21-11-14-24-46(39)55(47)49(41)48/h3-31H,1-2H3. The summed E-state index contributed by atoms with van der Waals surface area (Å²) in [6.07, 6.45) is 0. The van der Waals surface area contributed by atoms with Gasteiger partial charge in [0.05, 0.1) is 27.6 Å². The van der Waals surface area contributed by atoms with Crippen LogP contribution in [0.2, 0.25) is 0 Å². The van der Waals surface area contributed by atoms with Gasteiger partial charge in [0.2, 0.25) is 5.89 Å². The van der Waals surface area contributed by atoms with Gasteiger partial charge in [0.25, 0.3) is 0 Å². The first-order valence-corrected chi connectivity index (χ1v) is 19.3. The third kappa shape index (κ3) is 4.27. The van der Waals surface area contributed by atoms with Gasteiger partial charge in [0.15, 0.2) is 5.58 Å². The van der Waals surface area contributed by atoms with Crippen molar-refractivity contribution in [3.8, 4) is 33.7 Å². The van der Waals surface area contributed by atoms with E-state index in [4.69, 9.17) is 9.40 Å². The van der Waals surface area contributed by atoms with E-state index in [1.807, 2.05) is 18.2 Å². The molecule has 0 saturated heterocycles. The molecule has 0 saturated carbocycles. The molecular formula is C52H35N3O. The Bertz CT molecular complexity index is 3340. The molecule has 0 amide bonds. The number of benzene rings is 8. The summed E-state index contributed by atoms with van der Waals surface area (Å²) < 4.78 is 9.06. The number of aromatic nitrogens is 2. The Morgan fingerprint density at radius 3 is 2.00 bits per heavy atom. The smallest absolute Gasteiger partial charge is 0.227 e. The second kappa shape index (κ2) is 11.4. The van der Waals surface area contributed by atoms with Crippen LogP contribution in [0.25, 0.3) is 82.9 Å². The Balaban J connectivity index is 1.14. The number of para-hydroxylation sites is 2. The Labute approximate surface area is 323 Å². The van der Waals surface area contributed by atoms with E-state index < -0.39 is 0 Å². The first kappa shape index (κ1) is 31.2. The van der Waals surface area contributed by atoms with Gasteiger partial charge in [0.1, 0.15) is 5.52 Å². The van der Waals surface area contributed by atoms with Gasteiger partial charge in [-0.1, -0.05) is 129 Å². The molecule has 264 valence electrons. The zero-order valence-corrected chi connectivity index (χ0v) is 31.0. The van der Waals surface area contributed by atoms with Gasteiger partial charge < -0.3 is 13.7 Å². The molecule has 4 nitrogen and oxygen atoms in total. The molecule has 0 unspecified atom stereocenters. The highest BCUT2D eigenvalue weighted by Crippen LogP contribution is 2.52. The monoisotopic (exact) mass is 717 g/mol. The van der Waals surface area contributed by atoms with Gasteiger partial charge >= 0.3 is 0 Å². The van der Waals surface area contributed by atoms with Crippen LogP contribution in [-0.2, 0) is 5.41 Å². The number of oxazole rings is 1. The molecule has 3 aromatic heterocycles. The van der Waals surface area contributed by atoms with Crippen molar-refractivity contribution < 1.29 is 4.42 Å². The molecule has 11 aromatic rings. The van der Waals surface area contributed by atoms with E-state index in [0.717, 1.165) is 61.0 Å². The maximum absolute atomic E-state index is 6.65. The number of rotatable bonds is 5. The van der Waals surface area contributed by atoms with Crippen LogP contribution in [0, 0.1) is 0 Å². The normalized spacial score (nSPS) is 13.3. The van der Waals surface area contributed by atoms with E-state index >= 15 is 0 Å². The zero-order chi connectivity index (χ0) is 37.1. The predicted octanol–water partition coefficient (Wildman–Crippen LogP) is 14.1. The van der Waals surface area contributed by atoms with Crippen molar-refractivity contribution in [2.75, 3.05) is 4.90 Å². The van der Waals surface area contributed by atoms with Gasteiger partial charge in [-0.3, -0.25) is 0 Å². The molecule has 0 N–H and O–H groups in total. The van der Waals surface area contributed by atoms with Gasteiger partial charge in [0, 0.05) is 44.1 Å². The summed E-state index contributed by atoms with van der Waals surface area (Å²) in [6.45, 7) is 4.71. The van der Waals surface area contributed by atoms with E-state index in [-0.39, 0.29) is 5.41 Å². The summed E-state index contributed by atoms with van der Waals surface area (Å²) in [6, 6.07) is 63.5. The average molecular weight is 718 g/mol. The lowest BCUT2D eigenvalue weighted by Gasteiger charge is -2.30. The summed E-state index contributed by atoms with van der Waals surface area (Å²) >= 11 is 0. The highest BCUT2D eigenvalue weighted by molar-refractivity contribution is 6.30. The minimum absolute atomic E-state index is 0.133. The third-order valence-electron chi connectivity index (χ3n) is 12.1. The van der Waals surface area contributed by atoms with Crippen LogP contribution in [0.5, 0.6) is 0 Å². The van der Waals surface area contributed by atoms with Crippen molar-refractivity contribution in [2.24, 2.45) is 0 Å². The molecule has 1 aliphatic rings. The summed E-state index contributed by atoms with van der Waals surface area (Å²) in [5.74, 6) is 0.635. The molecule has 0 bridgehead atoms. The number of nitrogens with zero attached hydrogens (tertiary/aromatic N) is 3. The highest BCUT2D eigenvalue weighted by atomic mass is 16.3. The maximum atomic E-state index is 6.65. The fourth-order valence-electron chi connectivity index (χ4n) is 9.56. The fourth-order valence-corrected chi connectivity index (χ4v) is 9.56. The molecule has 0 spiro atoms. The molecule has 12 rings (SSSR count). The molecule has 0 radical (unpaired) electrons. The van der Waals surface area contributed by atoms with Gasteiger partial charge in [-0.15, -0.1) is 0 Å². The van der Waals surface area contributed by atoms with Gasteiger partial charge in [-0.05, 0) is 88.5 Å². The third-order valence-corrected chi connectivity index (χ3v) is 12.1. The molecular weight excluding hydrogens is 683 g/mol. The lowest BCUT2D eigenvalue weighted by Crippen LogP contribution is -2.16. The topological polar surface area (TPSA) is 33.7 Å². The fraction of sp³-hybridized carbons (Fsp3) is 0.0577. The SMILES string of the molecule is CC1(C)c2ccccc2-c2ccc(N(c3ccc4c(c3)c3cc5nc(-c6ccccc6)oc5c5c6ccccc6n4c35)c3ccccc3-c3ccccc3)cc21. The number of hydrogen-bond acceptors (Lipinski definition) is 3. The van der Waals surface area contributed by atoms with Crippen molar-refractivity contribution in [2.45, 2.75) is 19.3 Å². The quantitative estimate of drug-likeness (QED) is 0.178. The highest BCUT2D eigenvalue weighted by Gasteiger charge is 2.36. The van der Waals surface area contributed by atoms with E-state index in [0.29, 0.717) is 5.89 Å². The average Bonchev–Trinajstić information content (AvgIpc) is 3.98. The van der Waals surface area contributed by atoms with Crippen LogP contribution >= 0.6 is 0 Å². The number of anilines is 3. The van der Waals surface area contributed by atoms with Crippen LogP contribution in [0.15, 0.2) is 180 Å². The molecule has 0 aliphatic heterocycles. The van der Waals surface area contributed by atoms with Gasteiger partial charge in [-0.2, -0.15) is 0 Å². The van der Waals surface area contributed by atoms with Crippen molar-refractivity contribution in [1.29, 1.82) is 0 Å². The largest absolute Gasteiger partial charge is 0.435 e. The first-order valence-electron chi connectivity index (χ1n) is 19.3. The summed E-state index contributed by atoms with van der Waals surface area (Å²) in [5.41, 5.74) is 17.0. The molecule has 4 heteroatoms. The van der Waals surface area contributed by atoms with E-state index in [1.54, 1.807) is 0 Å². The van der Waals surface area contributed by atoms with E-state index in [9.17, 15) is 0 Å². The predicted molar refractivity (Wildman–Crippen MR) is 232 cm³/mol. The van der Waals surface area contributed by atoms with Crippen LogP contribution in [0.3, 0.4) is 0 Å². The molecule has 3 heterocycles. The van der Waals surface area contributed by atoms with Crippen LogP contribution < -0.4 is 4.90 Å². The summed E-state index contributed by atoms with van der Waals surface area (Å²) in [7, 11) is 0. The van der Waals surface area contributed by atoms with Crippen LogP contribution in [0.4, 0.5) is 17.1 Å². The molecule has 56 heavy (non-hydrogen) atoms. The van der Waals surface area contributed by atoms with Crippen molar-refractivity contribution in [1.82, 2.24) is 9.38 Å². The second-order valence-corrected chi connectivity index (χ2v) is 15.6. The Morgan fingerprint density at radius 2 is 1.16 bits per heavy atom. The van der Waals surface area contributed by atoms with Gasteiger partial charge in [-0.25, -0.2) is 4.98 Å². The van der Waals surface area contributed by atoms with E-state index in [2.05, 4.69) is 181 Å². The zero-order valence-electron chi connectivity index (χ0n) is 31.0. The Kier molecular flexibility index (Phi) is 6.37. The van der Waals surface area contributed by atoms with Crippen molar-refractivity contribution in [3.63, 3.8) is 0 Å². The lowest BCUT2D eigenvalue weighted by atomic mass is 9.82. The second-order valence-electron chi connectivity index (χ2n) is 15.6. The molecule has 8 aromatic carbocycles. The minimum Gasteiger partial charge on any atom is -0.435 e. The first-order chi connectivity index (χ1) is 27.5. The molecule has 0 atom stereocenters. The Morgan fingerprint density at radius 1 is 0.518 bits per heavy atom. The van der Waals surface area contributed by atoms with Crippen molar-refractivity contribution >= 4 is 66.3 Å². The summed E-state index contributed by atoms with van der Waals surface area (Å²) in [4.78, 5) is 7.55. The number of fused-ring (bicyclic) bond motifs is 11. The number of hydrogen-bond donors (Lipinski definition) is 0. The van der Waals surface area contributed by atoms with Crippen LogP contribution in [-0.4, -0.2) is 9.38 Å². The molecule has 1 aliphatic carbocycles.